The zero-order valence-corrected chi connectivity index (χ0v) is 5.71. The molecule has 0 aromatic rings. The third kappa shape index (κ3) is 0.970. The first-order chi connectivity index (χ1) is 4.34. The standard InChI is InChI=1S/C7H14N2/c8-9-4-6-1-2-7(3-6)5-9/h6-7H,1-5,8H2. The Kier molecular flexibility index (Phi) is 1.24. The summed E-state index contributed by atoms with van der Waals surface area (Å²) >= 11 is 0. The average Bonchev–Trinajstić information content (AvgIpc) is 2.11. The van der Waals surface area contributed by atoms with Gasteiger partial charge in [-0.2, -0.15) is 0 Å². The lowest BCUT2D eigenvalue weighted by Gasteiger charge is -2.27. The fourth-order valence-corrected chi connectivity index (χ4v) is 2.25. The molecule has 0 amide bonds. The average molecular weight is 126 g/mol. The number of nitrogens with two attached hydrogens (primary N) is 1. The Hall–Kier alpha value is -0.0800. The van der Waals surface area contributed by atoms with E-state index in [1.54, 1.807) is 0 Å². The summed E-state index contributed by atoms with van der Waals surface area (Å²) in [6.07, 6.45) is 4.31. The lowest BCUT2D eigenvalue weighted by molar-refractivity contribution is 0.171. The van der Waals surface area contributed by atoms with Crippen molar-refractivity contribution in [2.45, 2.75) is 19.3 Å². The van der Waals surface area contributed by atoms with Crippen LogP contribution in [0.1, 0.15) is 19.3 Å². The maximum absolute atomic E-state index is 5.69. The number of piperidine rings is 1. The Morgan fingerprint density at radius 2 is 1.67 bits per heavy atom. The van der Waals surface area contributed by atoms with Gasteiger partial charge in [0.15, 0.2) is 0 Å². The number of rotatable bonds is 0. The van der Waals surface area contributed by atoms with Gasteiger partial charge < -0.3 is 0 Å². The van der Waals surface area contributed by atoms with E-state index in [1.165, 1.54) is 19.3 Å². The molecule has 2 rings (SSSR count). The second-order valence-corrected chi connectivity index (χ2v) is 3.50. The SMILES string of the molecule is NN1CC2CCC(C2)C1. The Balaban J connectivity index is 2.03. The molecule has 2 unspecified atom stereocenters. The first-order valence-electron chi connectivity index (χ1n) is 3.84. The van der Waals surface area contributed by atoms with Gasteiger partial charge in [-0.25, -0.2) is 5.01 Å². The van der Waals surface area contributed by atoms with Gasteiger partial charge in [0, 0.05) is 13.1 Å². The summed E-state index contributed by atoms with van der Waals surface area (Å²) in [6.45, 7) is 2.30. The molecule has 2 fully saturated rings. The number of hydrazine groups is 1. The van der Waals surface area contributed by atoms with Gasteiger partial charge in [0.25, 0.3) is 0 Å². The first-order valence-corrected chi connectivity index (χ1v) is 3.84. The summed E-state index contributed by atoms with van der Waals surface area (Å²) in [5.41, 5.74) is 0. The highest BCUT2D eigenvalue weighted by Crippen LogP contribution is 2.34. The minimum absolute atomic E-state index is 0.939. The van der Waals surface area contributed by atoms with Gasteiger partial charge in [-0.3, -0.25) is 5.84 Å². The summed E-state index contributed by atoms with van der Waals surface area (Å²) in [4.78, 5) is 0. The molecule has 2 aliphatic rings. The molecule has 0 spiro atoms. The minimum atomic E-state index is 0.939. The third-order valence-electron chi connectivity index (χ3n) is 2.64. The molecule has 2 heteroatoms. The zero-order chi connectivity index (χ0) is 6.27. The van der Waals surface area contributed by atoms with Crippen LogP contribution in [0.4, 0.5) is 0 Å². The van der Waals surface area contributed by atoms with Gasteiger partial charge in [-0.1, -0.05) is 0 Å². The third-order valence-corrected chi connectivity index (χ3v) is 2.64. The molecule has 1 saturated heterocycles. The van der Waals surface area contributed by atoms with E-state index in [0.29, 0.717) is 0 Å². The molecule has 1 heterocycles. The largest absolute Gasteiger partial charge is 0.269 e. The van der Waals surface area contributed by atoms with Crippen LogP contribution in [0.15, 0.2) is 0 Å². The van der Waals surface area contributed by atoms with E-state index >= 15 is 0 Å². The van der Waals surface area contributed by atoms with E-state index < -0.39 is 0 Å². The number of hydrogen-bond acceptors (Lipinski definition) is 2. The first kappa shape index (κ1) is 5.69. The predicted octanol–water partition coefficient (Wildman–Crippen LogP) is 0.592. The van der Waals surface area contributed by atoms with Crippen LogP contribution in [0.5, 0.6) is 0 Å². The van der Waals surface area contributed by atoms with Crippen LogP contribution in [0.25, 0.3) is 0 Å². The fourth-order valence-electron chi connectivity index (χ4n) is 2.25. The van der Waals surface area contributed by atoms with Crippen molar-refractivity contribution in [1.29, 1.82) is 0 Å². The van der Waals surface area contributed by atoms with Crippen LogP contribution in [-0.4, -0.2) is 18.1 Å². The fraction of sp³-hybridized carbons (Fsp3) is 1.00. The van der Waals surface area contributed by atoms with Crippen molar-refractivity contribution in [3.63, 3.8) is 0 Å². The minimum Gasteiger partial charge on any atom is -0.269 e. The molecule has 52 valence electrons. The van der Waals surface area contributed by atoms with Crippen LogP contribution < -0.4 is 5.84 Å². The molecule has 0 aromatic heterocycles. The monoisotopic (exact) mass is 126 g/mol. The van der Waals surface area contributed by atoms with E-state index in [1.807, 2.05) is 5.01 Å². The molecule has 2 bridgehead atoms. The Morgan fingerprint density at radius 1 is 1.11 bits per heavy atom. The lowest BCUT2D eigenvalue weighted by atomic mass is 10.0. The topological polar surface area (TPSA) is 29.3 Å². The molecule has 2 atom stereocenters. The molecule has 1 aliphatic heterocycles. The maximum atomic E-state index is 5.69. The molecule has 9 heavy (non-hydrogen) atoms. The summed E-state index contributed by atoms with van der Waals surface area (Å²) < 4.78 is 0. The van der Waals surface area contributed by atoms with Gasteiger partial charge in [0.1, 0.15) is 0 Å². The van der Waals surface area contributed by atoms with Crippen molar-refractivity contribution in [2.75, 3.05) is 13.1 Å². The van der Waals surface area contributed by atoms with Crippen molar-refractivity contribution in [2.24, 2.45) is 17.7 Å². The van der Waals surface area contributed by atoms with Crippen molar-refractivity contribution < 1.29 is 0 Å². The summed E-state index contributed by atoms with van der Waals surface area (Å²) in [5, 5.41) is 1.99. The van der Waals surface area contributed by atoms with Crippen LogP contribution >= 0.6 is 0 Å². The van der Waals surface area contributed by atoms with E-state index in [-0.39, 0.29) is 0 Å². The molecule has 0 radical (unpaired) electrons. The number of hydrogen-bond donors (Lipinski definition) is 1. The molecule has 1 aliphatic carbocycles. The second-order valence-electron chi connectivity index (χ2n) is 3.50. The van der Waals surface area contributed by atoms with E-state index in [2.05, 4.69) is 0 Å². The maximum Gasteiger partial charge on any atom is 0.0157 e. The summed E-state index contributed by atoms with van der Waals surface area (Å²) in [6, 6.07) is 0. The number of nitrogens with zero attached hydrogens (tertiary/aromatic N) is 1. The van der Waals surface area contributed by atoms with Crippen LogP contribution in [-0.2, 0) is 0 Å². The van der Waals surface area contributed by atoms with Gasteiger partial charge in [0.2, 0.25) is 0 Å². The van der Waals surface area contributed by atoms with Gasteiger partial charge in [0.05, 0.1) is 0 Å². The molecular weight excluding hydrogens is 112 g/mol. The second kappa shape index (κ2) is 1.96. The Morgan fingerprint density at radius 3 is 2.22 bits per heavy atom. The lowest BCUT2D eigenvalue weighted by Crippen LogP contribution is -2.41. The van der Waals surface area contributed by atoms with Gasteiger partial charge in [-0.15, -0.1) is 0 Å². The van der Waals surface area contributed by atoms with Crippen molar-refractivity contribution in [1.82, 2.24) is 5.01 Å². The number of fused-ring (bicyclic) bond motifs is 2. The molecular formula is C7H14N2. The van der Waals surface area contributed by atoms with Crippen LogP contribution in [0.2, 0.25) is 0 Å². The predicted molar refractivity (Wildman–Crippen MR) is 36.6 cm³/mol. The van der Waals surface area contributed by atoms with Crippen molar-refractivity contribution in [3.8, 4) is 0 Å². The van der Waals surface area contributed by atoms with Crippen molar-refractivity contribution in [3.05, 3.63) is 0 Å². The quantitative estimate of drug-likeness (QED) is 0.481. The van der Waals surface area contributed by atoms with E-state index in [4.69, 9.17) is 5.84 Å². The smallest absolute Gasteiger partial charge is 0.0157 e. The molecule has 0 aromatic carbocycles. The zero-order valence-electron chi connectivity index (χ0n) is 5.71. The van der Waals surface area contributed by atoms with Gasteiger partial charge in [-0.05, 0) is 31.1 Å². The Bertz CT molecular complexity index is 101. The van der Waals surface area contributed by atoms with Crippen molar-refractivity contribution >= 4 is 0 Å². The normalized spacial score (nSPS) is 43.7. The summed E-state index contributed by atoms with van der Waals surface area (Å²) in [5.74, 6) is 7.57. The molecule has 2 nitrogen and oxygen atoms in total. The van der Waals surface area contributed by atoms with Crippen LogP contribution in [0.3, 0.4) is 0 Å². The van der Waals surface area contributed by atoms with E-state index in [9.17, 15) is 0 Å². The Labute approximate surface area is 56.0 Å². The highest BCUT2D eigenvalue weighted by atomic mass is 15.4. The molecule has 1 saturated carbocycles. The summed E-state index contributed by atoms with van der Waals surface area (Å²) in [7, 11) is 0. The highest BCUT2D eigenvalue weighted by molar-refractivity contribution is 4.83. The van der Waals surface area contributed by atoms with Gasteiger partial charge >= 0.3 is 0 Å². The van der Waals surface area contributed by atoms with E-state index in [0.717, 1.165) is 24.9 Å². The van der Waals surface area contributed by atoms with Crippen LogP contribution in [0, 0.1) is 11.8 Å². The molecule has 2 N–H and O–H groups in total. The highest BCUT2D eigenvalue weighted by Gasteiger charge is 2.31.